The molecule has 0 bridgehead atoms. The van der Waals surface area contributed by atoms with Gasteiger partial charge in [0.15, 0.2) is 12.6 Å². The fourth-order valence-corrected chi connectivity index (χ4v) is 3.98. The molecule has 0 saturated carbocycles. The molecule has 0 fully saturated rings. The number of hydrogen-bond acceptors (Lipinski definition) is 9. The van der Waals surface area contributed by atoms with Crippen molar-refractivity contribution in [3.05, 3.63) is 93.4 Å². The molecule has 2 aromatic heterocycles. The zero-order valence-electron chi connectivity index (χ0n) is 21.3. The third-order valence-corrected chi connectivity index (χ3v) is 5.68. The van der Waals surface area contributed by atoms with Crippen molar-refractivity contribution in [3.63, 3.8) is 0 Å². The molecule has 0 radical (unpaired) electrons. The first-order chi connectivity index (χ1) is 18.8. The lowest BCUT2D eigenvalue weighted by Gasteiger charge is -2.25. The van der Waals surface area contributed by atoms with Crippen LogP contribution in [0.25, 0.3) is 5.95 Å². The molecule has 3 heterocycles. The van der Waals surface area contributed by atoms with Gasteiger partial charge in [0.05, 0.1) is 6.61 Å². The number of nitrogens with one attached hydrogen (secondary N) is 3. The molecule has 1 unspecified atom stereocenters. The van der Waals surface area contributed by atoms with Crippen molar-refractivity contribution in [3.8, 4) is 11.7 Å². The van der Waals surface area contributed by atoms with E-state index < -0.39 is 17.7 Å². The number of aromatic nitrogens is 5. The van der Waals surface area contributed by atoms with Crippen molar-refractivity contribution in [1.29, 1.82) is 5.41 Å². The van der Waals surface area contributed by atoms with E-state index in [-0.39, 0.29) is 18.6 Å². The Balaban J connectivity index is 0.000000826. The van der Waals surface area contributed by atoms with Crippen LogP contribution in [0.1, 0.15) is 48.0 Å². The van der Waals surface area contributed by atoms with Crippen LogP contribution in [0.3, 0.4) is 0 Å². The van der Waals surface area contributed by atoms with E-state index in [9.17, 15) is 4.79 Å². The Morgan fingerprint density at radius 1 is 1.26 bits per heavy atom. The second-order valence-corrected chi connectivity index (χ2v) is 8.50. The summed E-state index contributed by atoms with van der Waals surface area (Å²) in [7, 11) is 0. The number of aryl methyl sites for hydroxylation is 1. The number of nitrogens with zero attached hydrogens (tertiary/aromatic N) is 4. The minimum absolute atomic E-state index is 0.0127. The van der Waals surface area contributed by atoms with Crippen LogP contribution in [0.2, 0.25) is 0 Å². The SMILES string of the molecule is CC(=O)O.CCc1cc(C(Nc2ccc(C(=N)N)cc2)c2nn(-c3ncccn3)c(=O)[nH]2)cc2c1OCOC2. The zero-order valence-corrected chi connectivity index (χ0v) is 21.3. The Morgan fingerprint density at radius 2 is 1.95 bits per heavy atom. The van der Waals surface area contributed by atoms with E-state index in [2.05, 4.69) is 32.3 Å². The van der Waals surface area contributed by atoms with E-state index in [0.29, 0.717) is 18.0 Å². The van der Waals surface area contributed by atoms with E-state index in [4.69, 9.17) is 30.5 Å². The number of nitrogen functional groups attached to an aromatic ring is 1. The van der Waals surface area contributed by atoms with Crippen LogP contribution in [-0.4, -0.2) is 48.4 Å². The van der Waals surface area contributed by atoms with Gasteiger partial charge in [-0.05, 0) is 60.0 Å². The lowest BCUT2D eigenvalue weighted by Crippen LogP contribution is -2.18. The van der Waals surface area contributed by atoms with Crippen molar-refractivity contribution in [2.24, 2.45) is 5.73 Å². The zero-order chi connectivity index (χ0) is 27.9. The van der Waals surface area contributed by atoms with Crippen LogP contribution in [-0.2, 0) is 22.6 Å². The maximum Gasteiger partial charge on any atom is 0.350 e. The van der Waals surface area contributed by atoms with Crippen LogP contribution in [0.4, 0.5) is 5.69 Å². The molecular formula is C26H28N8O5. The van der Waals surface area contributed by atoms with Gasteiger partial charge in [0, 0.05) is 36.1 Å². The molecule has 1 aliphatic rings. The molecule has 0 spiro atoms. The minimum Gasteiger partial charge on any atom is -0.481 e. The average Bonchev–Trinajstić information content (AvgIpc) is 3.32. The molecule has 2 aromatic carbocycles. The molecule has 5 rings (SSSR count). The Morgan fingerprint density at radius 3 is 2.59 bits per heavy atom. The quantitative estimate of drug-likeness (QED) is 0.174. The molecule has 13 heteroatoms. The number of fused-ring (bicyclic) bond motifs is 1. The van der Waals surface area contributed by atoms with Gasteiger partial charge in [0.2, 0.25) is 0 Å². The number of H-pyrrole nitrogens is 1. The fraction of sp³-hybridized carbons (Fsp3) is 0.231. The Kier molecular flexibility index (Phi) is 8.31. The topological polar surface area (TPSA) is 194 Å². The van der Waals surface area contributed by atoms with Crippen LogP contribution in [0.15, 0.2) is 59.7 Å². The van der Waals surface area contributed by atoms with Crippen LogP contribution < -0.4 is 21.5 Å². The van der Waals surface area contributed by atoms with Gasteiger partial charge in [0.1, 0.15) is 17.6 Å². The monoisotopic (exact) mass is 532 g/mol. The molecule has 1 aliphatic heterocycles. The van der Waals surface area contributed by atoms with E-state index in [1.807, 2.05) is 24.3 Å². The van der Waals surface area contributed by atoms with Gasteiger partial charge in [-0.3, -0.25) is 15.2 Å². The van der Waals surface area contributed by atoms with E-state index in [0.717, 1.165) is 46.2 Å². The second kappa shape index (κ2) is 12.0. The number of aromatic amines is 1. The fourth-order valence-electron chi connectivity index (χ4n) is 3.98. The molecule has 202 valence electrons. The summed E-state index contributed by atoms with van der Waals surface area (Å²) in [5.74, 6) is 0.550. The lowest BCUT2D eigenvalue weighted by atomic mass is 9.97. The van der Waals surface area contributed by atoms with Crippen molar-refractivity contribution >= 4 is 17.5 Å². The highest BCUT2D eigenvalue weighted by atomic mass is 16.7. The first-order valence-corrected chi connectivity index (χ1v) is 12.0. The number of rotatable bonds is 7. The summed E-state index contributed by atoms with van der Waals surface area (Å²) in [6, 6.07) is 12.3. The minimum atomic E-state index is -0.833. The van der Waals surface area contributed by atoms with Gasteiger partial charge in [-0.2, -0.15) is 0 Å². The molecule has 1 atom stereocenters. The van der Waals surface area contributed by atoms with Gasteiger partial charge < -0.3 is 25.6 Å². The molecule has 39 heavy (non-hydrogen) atoms. The van der Waals surface area contributed by atoms with Crippen molar-refractivity contribution in [2.45, 2.75) is 32.9 Å². The maximum absolute atomic E-state index is 12.8. The summed E-state index contributed by atoms with van der Waals surface area (Å²) in [5, 5.41) is 23.0. The highest BCUT2D eigenvalue weighted by Crippen LogP contribution is 2.34. The van der Waals surface area contributed by atoms with Crippen molar-refractivity contribution < 1.29 is 19.4 Å². The summed E-state index contributed by atoms with van der Waals surface area (Å²) in [4.78, 5) is 32.9. The molecule has 0 saturated heterocycles. The third-order valence-electron chi connectivity index (χ3n) is 5.68. The van der Waals surface area contributed by atoms with E-state index in [1.165, 1.54) is 0 Å². The van der Waals surface area contributed by atoms with Gasteiger partial charge >= 0.3 is 5.69 Å². The maximum atomic E-state index is 12.8. The van der Waals surface area contributed by atoms with Gasteiger partial charge in [-0.15, -0.1) is 9.78 Å². The molecular weight excluding hydrogens is 504 g/mol. The van der Waals surface area contributed by atoms with Crippen molar-refractivity contribution in [1.82, 2.24) is 24.7 Å². The summed E-state index contributed by atoms with van der Waals surface area (Å²) in [6.07, 6.45) is 3.86. The average molecular weight is 533 g/mol. The summed E-state index contributed by atoms with van der Waals surface area (Å²) in [5.41, 5.74) is 9.35. The predicted molar refractivity (Wildman–Crippen MR) is 142 cm³/mol. The largest absolute Gasteiger partial charge is 0.481 e. The standard InChI is InChI=1S/C24H24N8O3.C2H4O2/c1-2-14-10-16(11-17-12-34-13-35-20(14)17)19(29-18-6-4-15(5-7-18)21(25)26)22-30-24(33)32(31-22)23-27-8-3-9-28-23;1-2(3)4/h3-11,19,29H,2,12-13H2,1H3,(H3,25,26)(H,30,31,33);1H3,(H,3,4). The third kappa shape index (κ3) is 6.45. The summed E-state index contributed by atoms with van der Waals surface area (Å²) in [6.45, 7) is 3.79. The first kappa shape index (κ1) is 27.0. The van der Waals surface area contributed by atoms with Crippen LogP contribution in [0.5, 0.6) is 5.75 Å². The van der Waals surface area contributed by atoms with Crippen molar-refractivity contribution in [2.75, 3.05) is 12.1 Å². The Labute approximate surface area is 223 Å². The Hall–Kier alpha value is -5.04. The van der Waals surface area contributed by atoms with Crippen LogP contribution in [0, 0.1) is 5.41 Å². The highest BCUT2D eigenvalue weighted by Gasteiger charge is 2.25. The smallest absolute Gasteiger partial charge is 0.350 e. The normalized spacial score (nSPS) is 12.8. The van der Waals surface area contributed by atoms with Crippen LogP contribution >= 0.6 is 0 Å². The number of ether oxygens (including phenoxy) is 2. The number of carbonyl (C=O) groups is 1. The Bertz CT molecular complexity index is 1490. The van der Waals surface area contributed by atoms with Gasteiger partial charge in [-0.1, -0.05) is 6.92 Å². The summed E-state index contributed by atoms with van der Waals surface area (Å²) < 4.78 is 12.4. The number of carboxylic acids is 1. The van der Waals surface area contributed by atoms with E-state index in [1.54, 1.807) is 30.6 Å². The molecule has 0 amide bonds. The first-order valence-electron chi connectivity index (χ1n) is 12.0. The molecule has 4 aromatic rings. The number of anilines is 1. The second-order valence-electron chi connectivity index (χ2n) is 8.50. The lowest BCUT2D eigenvalue weighted by molar-refractivity contribution is -0.134. The molecule has 13 nitrogen and oxygen atoms in total. The molecule has 0 aliphatic carbocycles. The van der Waals surface area contributed by atoms with Gasteiger partial charge in [0.25, 0.3) is 11.9 Å². The predicted octanol–water partition coefficient (Wildman–Crippen LogP) is 2.36. The number of nitrogens with two attached hydrogens (primary N) is 1. The number of aliphatic carboxylic acids is 1. The van der Waals surface area contributed by atoms with Gasteiger partial charge in [-0.25, -0.2) is 14.8 Å². The molecule has 6 N–H and O–H groups in total. The summed E-state index contributed by atoms with van der Waals surface area (Å²) >= 11 is 0. The number of amidine groups is 1. The number of carboxylic acid groups (broad SMARTS) is 1. The number of hydrogen-bond donors (Lipinski definition) is 5. The van der Waals surface area contributed by atoms with E-state index >= 15 is 0 Å². The highest BCUT2D eigenvalue weighted by molar-refractivity contribution is 5.95. The number of benzene rings is 2.